The Balaban J connectivity index is 3.12. The highest BCUT2D eigenvalue weighted by Gasteiger charge is 2.25. The van der Waals surface area contributed by atoms with Crippen LogP contribution >= 0.6 is 0 Å². The van der Waals surface area contributed by atoms with Gasteiger partial charge in [0.05, 0.1) is 0 Å². The molecule has 0 saturated carbocycles. The van der Waals surface area contributed by atoms with Gasteiger partial charge in [-0.05, 0) is 18.9 Å². The summed E-state index contributed by atoms with van der Waals surface area (Å²) in [6, 6.07) is 1.22. The highest BCUT2D eigenvalue weighted by Crippen LogP contribution is 2.19. The Bertz CT molecular complexity index is 577. The molecule has 0 amide bonds. The van der Waals surface area contributed by atoms with Crippen LogP contribution in [0.25, 0.3) is 0 Å². The van der Waals surface area contributed by atoms with Crippen molar-refractivity contribution in [2.75, 3.05) is 13.6 Å². The van der Waals surface area contributed by atoms with Gasteiger partial charge in [0.15, 0.2) is 0 Å². The second-order valence-electron chi connectivity index (χ2n) is 4.95. The second-order valence-corrected chi connectivity index (χ2v) is 7.00. The third-order valence-corrected chi connectivity index (χ3v) is 5.19. The highest BCUT2D eigenvalue weighted by molar-refractivity contribution is 7.89. The maximum absolute atomic E-state index is 12.4. The van der Waals surface area contributed by atoms with E-state index >= 15 is 0 Å². The van der Waals surface area contributed by atoms with E-state index in [-0.39, 0.29) is 16.5 Å². The number of aryl methyl sites for hydroxylation is 1. The minimum absolute atomic E-state index is 0.0111. The fourth-order valence-corrected chi connectivity index (χ4v) is 3.24. The molecule has 1 heterocycles. The summed E-state index contributed by atoms with van der Waals surface area (Å²) in [4.78, 5) is 11.1. The number of carboxylic acid groups (broad SMARTS) is 1. The summed E-state index contributed by atoms with van der Waals surface area (Å²) in [5, 5.41) is 9.07. The summed E-state index contributed by atoms with van der Waals surface area (Å²) in [5.41, 5.74) is -0.0111. The van der Waals surface area contributed by atoms with Crippen LogP contribution in [-0.2, 0) is 16.6 Å². The van der Waals surface area contributed by atoms with Gasteiger partial charge < -0.3 is 9.67 Å². The fraction of sp³-hybridized carbons (Fsp3) is 0.615. The van der Waals surface area contributed by atoms with E-state index in [1.54, 1.807) is 6.92 Å². The molecule has 1 aromatic rings. The minimum atomic E-state index is -3.64. The molecule has 0 spiro atoms. The first-order valence-electron chi connectivity index (χ1n) is 6.63. The maximum atomic E-state index is 12.4. The Kier molecular flexibility index (Phi) is 5.35. The smallest absolute Gasteiger partial charge is 0.352 e. The normalized spacial score (nSPS) is 13.7. The van der Waals surface area contributed by atoms with Gasteiger partial charge in [-0.15, -0.1) is 0 Å². The van der Waals surface area contributed by atoms with Crippen molar-refractivity contribution in [3.8, 4) is 0 Å². The third-order valence-electron chi connectivity index (χ3n) is 3.41. The van der Waals surface area contributed by atoms with Gasteiger partial charge in [0.2, 0.25) is 10.0 Å². The summed E-state index contributed by atoms with van der Waals surface area (Å²) >= 11 is 0. The maximum Gasteiger partial charge on any atom is 0.352 e. The zero-order valence-corrected chi connectivity index (χ0v) is 13.1. The highest BCUT2D eigenvalue weighted by atomic mass is 32.2. The van der Waals surface area contributed by atoms with Gasteiger partial charge in [0.25, 0.3) is 0 Å². The van der Waals surface area contributed by atoms with Gasteiger partial charge >= 0.3 is 5.97 Å². The van der Waals surface area contributed by atoms with Crippen molar-refractivity contribution in [2.45, 2.75) is 38.6 Å². The number of sulfonamides is 1. The van der Waals surface area contributed by atoms with Gasteiger partial charge in [0, 0.05) is 26.3 Å². The molecule has 0 fully saturated rings. The van der Waals surface area contributed by atoms with Crippen LogP contribution in [0.1, 0.15) is 37.7 Å². The first kappa shape index (κ1) is 16.7. The fourth-order valence-electron chi connectivity index (χ4n) is 1.91. The molecule has 1 N–H and O–H groups in total. The first-order chi connectivity index (χ1) is 9.23. The number of carbonyl (C=O) groups is 1. The van der Waals surface area contributed by atoms with E-state index in [0.717, 1.165) is 6.42 Å². The topological polar surface area (TPSA) is 79.6 Å². The lowest BCUT2D eigenvalue weighted by atomic mass is 10.1. The average Bonchev–Trinajstić information content (AvgIpc) is 2.83. The Morgan fingerprint density at radius 3 is 2.45 bits per heavy atom. The predicted molar refractivity (Wildman–Crippen MR) is 76.3 cm³/mol. The largest absolute Gasteiger partial charge is 0.477 e. The molecule has 0 bridgehead atoms. The van der Waals surface area contributed by atoms with Gasteiger partial charge in [-0.25, -0.2) is 17.5 Å². The molecule has 0 aliphatic heterocycles. The molecule has 0 aliphatic rings. The number of carboxylic acids is 1. The van der Waals surface area contributed by atoms with E-state index in [2.05, 4.69) is 0 Å². The van der Waals surface area contributed by atoms with Crippen molar-refractivity contribution in [3.05, 3.63) is 18.0 Å². The Hall–Kier alpha value is -1.34. The molecule has 0 aromatic carbocycles. The van der Waals surface area contributed by atoms with Crippen molar-refractivity contribution in [1.82, 2.24) is 8.87 Å². The predicted octanol–water partition coefficient (Wildman–Crippen LogP) is 1.87. The van der Waals surface area contributed by atoms with E-state index in [4.69, 9.17) is 5.11 Å². The quantitative estimate of drug-likeness (QED) is 0.834. The SMILES string of the molecule is CCC(C)CN(C)S(=O)(=O)c1cc(C(=O)O)n(CC)c1. The lowest BCUT2D eigenvalue weighted by Gasteiger charge is -2.19. The first-order valence-corrected chi connectivity index (χ1v) is 8.07. The number of hydrogen-bond donors (Lipinski definition) is 1. The van der Waals surface area contributed by atoms with Crippen molar-refractivity contribution in [1.29, 1.82) is 0 Å². The van der Waals surface area contributed by atoms with Gasteiger partial charge in [-0.3, -0.25) is 0 Å². The van der Waals surface area contributed by atoms with Crippen LogP contribution in [0.2, 0.25) is 0 Å². The van der Waals surface area contributed by atoms with E-state index in [9.17, 15) is 13.2 Å². The Labute approximate surface area is 120 Å². The molecule has 6 nitrogen and oxygen atoms in total. The Morgan fingerprint density at radius 2 is 2.05 bits per heavy atom. The molecule has 114 valence electrons. The van der Waals surface area contributed by atoms with E-state index in [1.165, 1.54) is 28.2 Å². The minimum Gasteiger partial charge on any atom is -0.477 e. The van der Waals surface area contributed by atoms with Crippen LogP contribution < -0.4 is 0 Å². The Morgan fingerprint density at radius 1 is 1.45 bits per heavy atom. The van der Waals surface area contributed by atoms with Gasteiger partial charge in [-0.2, -0.15) is 0 Å². The van der Waals surface area contributed by atoms with Crippen molar-refractivity contribution >= 4 is 16.0 Å². The summed E-state index contributed by atoms with van der Waals surface area (Å²) in [6.07, 6.45) is 2.27. The lowest BCUT2D eigenvalue weighted by molar-refractivity contribution is 0.0685. The van der Waals surface area contributed by atoms with E-state index in [1.807, 2.05) is 13.8 Å². The molecule has 7 heteroatoms. The average molecular weight is 302 g/mol. The van der Waals surface area contributed by atoms with E-state index < -0.39 is 16.0 Å². The summed E-state index contributed by atoms with van der Waals surface area (Å²) in [7, 11) is -2.12. The van der Waals surface area contributed by atoms with Gasteiger partial charge in [-0.1, -0.05) is 20.3 Å². The molecule has 0 radical (unpaired) electrons. The molecule has 1 rings (SSSR count). The number of aromatic carboxylic acids is 1. The zero-order chi connectivity index (χ0) is 15.5. The van der Waals surface area contributed by atoms with Crippen LogP contribution in [0.5, 0.6) is 0 Å². The van der Waals surface area contributed by atoms with Gasteiger partial charge in [0.1, 0.15) is 10.6 Å². The molecule has 1 aromatic heterocycles. The molecule has 0 saturated heterocycles. The van der Waals surface area contributed by atoms with Crippen LogP contribution in [0.15, 0.2) is 17.2 Å². The standard InChI is InChI=1S/C13H22N2O4S/c1-5-10(3)8-14(4)20(18,19)11-7-12(13(16)17)15(6-2)9-11/h7,9-10H,5-6,8H2,1-4H3,(H,16,17). The number of rotatable bonds is 7. The molecule has 1 atom stereocenters. The number of hydrogen-bond acceptors (Lipinski definition) is 3. The second kappa shape index (κ2) is 6.41. The van der Waals surface area contributed by atoms with E-state index in [0.29, 0.717) is 13.1 Å². The number of aromatic nitrogens is 1. The zero-order valence-electron chi connectivity index (χ0n) is 12.3. The van der Waals surface area contributed by atoms with Crippen LogP contribution in [0.3, 0.4) is 0 Å². The van der Waals surface area contributed by atoms with Crippen LogP contribution in [0, 0.1) is 5.92 Å². The van der Waals surface area contributed by atoms with Crippen LogP contribution in [0.4, 0.5) is 0 Å². The molecule has 20 heavy (non-hydrogen) atoms. The monoisotopic (exact) mass is 302 g/mol. The molecular formula is C13H22N2O4S. The van der Waals surface area contributed by atoms with Crippen molar-refractivity contribution in [2.24, 2.45) is 5.92 Å². The molecular weight excluding hydrogens is 280 g/mol. The third kappa shape index (κ3) is 3.40. The molecule has 1 unspecified atom stereocenters. The summed E-state index contributed by atoms with van der Waals surface area (Å²) in [6.45, 7) is 6.57. The summed E-state index contributed by atoms with van der Waals surface area (Å²) < 4.78 is 27.5. The van der Waals surface area contributed by atoms with Crippen LogP contribution in [-0.4, -0.2) is 42.0 Å². The summed E-state index contributed by atoms with van der Waals surface area (Å²) in [5.74, 6) is -0.875. The van der Waals surface area contributed by atoms with Crippen molar-refractivity contribution < 1.29 is 18.3 Å². The number of nitrogens with zero attached hydrogens (tertiary/aromatic N) is 2. The van der Waals surface area contributed by atoms with Crippen molar-refractivity contribution in [3.63, 3.8) is 0 Å². The lowest BCUT2D eigenvalue weighted by Crippen LogP contribution is -2.30. The molecule has 0 aliphatic carbocycles.